The van der Waals surface area contributed by atoms with Gasteiger partial charge in [-0.1, -0.05) is 46.7 Å². The lowest BCUT2D eigenvalue weighted by molar-refractivity contribution is -0.113. The number of carbonyl (C=O) groups is 1. The number of amides is 1. The van der Waals surface area contributed by atoms with Crippen LogP contribution in [-0.4, -0.2) is 28.1 Å². The van der Waals surface area contributed by atoms with Gasteiger partial charge in [0, 0.05) is 15.7 Å². The van der Waals surface area contributed by atoms with E-state index in [4.69, 9.17) is 9.98 Å². The fourth-order valence-corrected chi connectivity index (χ4v) is 3.67. The minimum absolute atomic E-state index is 0.172. The highest BCUT2D eigenvalue weighted by Gasteiger charge is 2.31. The molecule has 4 nitrogen and oxygen atoms in total. The van der Waals surface area contributed by atoms with E-state index in [-0.39, 0.29) is 17.5 Å². The maximum atomic E-state index is 13.0. The van der Waals surface area contributed by atoms with Gasteiger partial charge in [-0.25, -0.2) is 9.38 Å². The van der Waals surface area contributed by atoms with Crippen LogP contribution in [0.25, 0.3) is 0 Å². The van der Waals surface area contributed by atoms with Gasteiger partial charge in [0.2, 0.25) is 5.91 Å². The Balaban J connectivity index is 1.70. The first-order valence-electron chi connectivity index (χ1n) is 8.53. The molecule has 0 saturated carbocycles. The fraction of sp³-hybridized carbons (Fsp3) is 0.250. The van der Waals surface area contributed by atoms with E-state index >= 15 is 0 Å². The summed E-state index contributed by atoms with van der Waals surface area (Å²) >= 11 is 4.80. The van der Waals surface area contributed by atoms with Crippen LogP contribution < -0.4 is 5.32 Å². The average molecular weight is 448 g/mol. The third-order valence-electron chi connectivity index (χ3n) is 4.15. The van der Waals surface area contributed by atoms with Crippen LogP contribution in [0, 0.1) is 5.82 Å². The Bertz CT molecular complexity index is 896. The van der Waals surface area contributed by atoms with E-state index in [1.165, 1.54) is 36.0 Å². The van der Waals surface area contributed by atoms with Crippen LogP contribution >= 0.6 is 27.7 Å². The van der Waals surface area contributed by atoms with E-state index in [1.807, 2.05) is 38.1 Å². The summed E-state index contributed by atoms with van der Waals surface area (Å²) in [5, 5.41) is 3.52. The SMILES string of the molecule is CC[C@]1(C)N=C(SCC(=O)Nc2ccc(F)cc2)C(c2ccc(Br)cc2)=N1. The molecule has 0 radical (unpaired) electrons. The highest BCUT2D eigenvalue weighted by Crippen LogP contribution is 2.30. The molecular formula is C20H19BrFN3OS. The van der Waals surface area contributed by atoms with Crippen LogP contribution in [0.15, 0.2) is 63.0 Å². The number of carbonyl (C=O) groups excluding carboxylic acids is 1. The third kappa shape index (κ3) is 5.05. The van der Waals surface area contributed by atoms with Crippen molar-refractivity contribution in [2.45, 2.75) is 25.9 Å². The molecule has 2 aromatic carbocycles. The molecule has 1 N–H and O–H groups in total. The molecule has 0 unspecified atom stereocenters. The Morgan fingerprint density at radius 1 is 1.15 bits per heavy atom. The zero-order valence-electron chi connectivity index (χ0n) is 15.0. The molecule has 1 heterocycles. The summed E-state index contributed by atoms with van der Waals surface area (Å²) < 4.78 is 14.0. The Morgan fingerprint density at radius 2 is 1.81 bits per heavy atom. The summed E-state index contributed by atoms with van der Waals surface area (Å²) in [4.78, 5) is 21.8. The first kappa shape index (κ1) is 19.8. The topological polar surface area (TPSA) is 53.8 Å². The lowest BCUT2D eigenvalue weighted by Crippen LogP contribution is -2.17. The number of nitrogens with zero attached hydrogens (tertiary/aromatic N) is 2. The van der Waals surface area contributed by atoms with Gasteiger partial charge in [0.15, 0.2) is 0 Å². The van der Waals surface area contributed by atoms with Crippen LogP contribution in [0.1, 0.15) is 25.8 Å². The van der Waals surface area contributed by atoms with Gasteiger partial charge in [0.05, 0.1) is 11.5 Å². The van der Waals surface area contributed by atoms with E-state index in [0.29, 0.717) is 5.69 Å². The average Bonchev–Trinajstić information content (AvgIpc) is 3.00. The van der Waals surface area contributed by atoms with Crippen LogP contribution in [0.5, 0.6) is 0 Å². The van der Waals surface area contributed by atoms with Crippen molar-refractivity contribution in [3.63, 3.8) is 0 Å². The molecule has 1 aliphatic heterocycles. The number of hydrogen-bond acceptors (Lipinski definition) is 4. The van der Waals surface area contributed by atoms with Crippen molar-refractivity contribution >= 4 is 50.0 Å². The van der Waals surface area contributed by atoms with Crippen LogP contribution in [0.2, 0.25) is 0 Å². The number of nitrogens with one attached hydrogen (secondary N) is 1. The van der Waals surface area contributed by atoms with Gasteiger partial charge in [-0.05, 0) is 49.7 Å². The van der Waals surface area contributed by atoms with Crippen molar-refractivity contribution in [3.05, 3.63) is 64.4 Å². The van der Waals surface area contributed by atoms with E-state index in [9.17, 15) is 9.18 Å². The van der Waals surface area contributed by atoms with E-state index in [0.717, 1.165) is 27.2 Å². The lowest BCUT2D eigenvalue weighted by atomic mass is 10.1. The minimum Gasteiger partial charge on any atom is -0.325 e. The second-order valence-corrected chi connectivity index (χ2v) is 8.18. The molecule has 0 spiro atoms. The molecule has 0 aliphatic carbocycles. The molecule has 1 amide bonds. The normalized spacial score (nSPS) is 18.8. The molecule has 0 bridgehead atoms. The second kappa shape index (κ2) is 8.35. The quantitative estimate of drug-likeness (QED) is 0.676. The van der Waals surface area contributed by atoms with Gasteiger partial charge in [-0.2, -0.15) is 0 Å². The summed E-state index contributed by atoms with van der Waals surface area (Å²) in [5.41, 5.74) is 1.85. The first-order valence-corrected chi connectivity index (χ1v) is 10.3. The van der Waals surface area contributed by atoms with Crippen LogP contribution in [0.4, 0.5) is 10.1 Å². The first-order chi connectivity index (χ1) is 12.9. The lowest BCUT2D eigenvalue weighted by Gasteiger charge is -2.13. The zero-order valence-corrected chi connectivity index (χ0v) is 17.4. The van der Waals surface area contributed by atoms with E-state index in [1.54, 1.807) is 0 Å². The molecular weight excluding hydrogens is 429 g/mol. The molecule has 7 heteroatoms. The Morgan fingerprint density at radius 3 is 2.44 bits per heavy atom. The van der Waals surface area contributed by atoms with E-state index < -0.39 is 5.66 Å². The molecule has 0 aromatic heterocycles. The molecule has 140 valence electrons. The van der Waals surface area contributed by atoms with Crippen molar-refractivity contribution in [1.29, 1.82) is 0 Å². The van der Waals surface area contributed by atoms with Gasteiger partial charge in [-0.15, -0.1) is 0 Å². The van der Waals surface area contributed by atoms with Crippen molar-refractivity contribution in [2.75, 3.05) is 11.1 Å². The van der Waals surface area contributed by atoms with Crippen molar-refractivity contribution in [2.24, 2.45) is 9.98 Å². The zero-order chi connectivity index (χ0) is 19.4. The molecule has 3 rings (SSSR count). The summed E-state index contributed by atoms with van der Waals surface area (Å²) in [6.45, 7) is 4.03. The predicted molar refractivity (Wildman–Crippen MR) is 114 cm³/mol. The summed E-state index contributed by atoms with van der Waals surface area (Å²) in [6.07, 6.45) is 0.777. The number of rotatable bonds is 5. The van der Waals surface area contributed by atoms with Gasteiger partial charge < -0.3 is 5.32 Å². The van der Waals surface area contributed by atoms with Gasteiger partial charge in [-0.3, -0.25) is 9.79 Å². The van der Waals surface area contributed by atoms with Crippen molar-refractivity contribution < 1.29 is 9.18 Å². The fourth-order valence-electron chi connectivity index (χ4n) is 2.50. The van der Waals surface area contributed by atoms with Gasteiger partial charge in [0.25, 0.3) is 0 Å². The molecule has 1 atom stereocenters. The maximum Gasteiger partial charge on any atom is 0.234 e. The van der Waals surface area contributed by atoms with Crippen molar-refractivity contribution in [3.8, 4) is 0 Å². The number of thioether (sulfide) groups is 1. The molecule has 2 aromatic rings. The molecule has 0 fully saturated rings. The monoisotopic (exact) mass is 447 g/mol. The maximum absolute atomic E-state index is 13.0. The Kier molecular flexibility index (Phi) is 6.11. The summed E-state index contributed by atoms with van der Waals surface area (Å²) in [5.74, 6) is -0.308. The molecule has 0 saturated heterocycles. The van der Waals surface area contributed by atoms with Crippen molar-refractivity contribution in [1.82, 2.24) is 0 Å². The standard InChI is InChI=1S/C20H19BrFN3OS/c1-3-20(2)24-18(13-4-6-14(21)7-5-13)19(25-20)27-12-17(26)23-16-10-8-15(22)9-11-16/h4-11H,3,12H2,1-2H3,(H,23,26)/t20-/m0/s1. The molecule has 27 heavy (non-hydrogen) atoms. The minimum atomic E-state index is -0.502. The van der Waals surface area contributed by atoms with E-state index in [2.05, 4.69) is 21.2 Å². The van der Waals surface area contributed by atoms with Crippen LogP contribution in [0.3, 0.4) is 0 Å². The third-order valence-corrected chi connectivity index (χ3v) is 5.65. The predicted octanol–water partition coefficient (Wildman–Crippen LogP) is 5.29. The Hall–Kier alpha value is -1.99. The largest absolute Gasteiger partial charge is 0.325 e. The number of benzene rings is 2. The van der Waals surface area contributed by atoms with Gasteiger partial charge in [0.1, 0.15) is 16.5 Å². The molecule has 1 aliphatic rings. The Labute approximate surface area is 170 Å². The number of aliphatic imine (C=N–C) groups is 2. The number of hydrogen-bond donors (Lipinski definition) is 1. The number of anilines is 1. The van der Waals surface area contributed by atoms with Gasteiger partial charge >= 0.3 is 0 Å². The number of halogens is 2. The highest BCUT2D eigenvalue weighted by atomic mass is 79.9. The highest BCUT2D eigenvalue weighted by molar-refractivity contribution is 9.10. The summed E-state index contributed by atoms with van der Waals surface area (Å²) in [7, 11) is 0. The smallest absolute Gasteiger partial charge is 0.234 e. The second-order valence-electron chi connectivity index (χ2n) is 6.30. The summed E-state index contributed by atoms with van der Waals surface area (Å²) in [6, 6.07) is 13.6. The van der Waals surface area contributed by atoms with Crippen LogP contribution in [-0.2, 0) is 4.79 Å².